The number of hydrogen-bond donors (Lipinski definition) is 1. The van der Waals surface area contributed by atoms with Gasteiger partial charge in [0, 0.05) is 41.8 Å². The summed E-state index contributed by atoms with van der Waals surface area (Å²) in [5.41, 5.74) is 3.07. The zero-order valence-corrected chi connectivity index (χ0v) is 15.2. The number of rotatable bonds is 5. The van der Waals surface area contributed by atoms with Crippen LogP contribution < -0.4 is 5.32 Å². The first kappa shape index (κ1) is 17.1. The molecule has 1 fully saturated rings. The average Bonchev–Trinajstić information content (AvgIpc) is 3.21. The molecule has 2 heterocycles. The molecule has 1 amide bonds. The number of amides is 1. The molecule has 0 aliphatic heterocycles. The van der Waals surface area contributed by atoms with Crippen LogP contribution in [0, 0.1) is 5.92 Å². The van der Waals surface area contributed by atoms with Crippen LogP contribution in [0.4, 0.5) is 0 Å². The third-order valence-corrected chi connectivity index (χ3v) is 5.69. The van der Waals surface area contributed by atoms with E-state index < -0.39 is 0 Å². The molecule has 0 unspecified atom stereocenters. The lowest BCUT2D eigenvalue weighted by molar-refractivity contribution is -0.122. The van der Waals surface area contributed by atoms with Crippen molar-refractivity contribution in [1.82, 2.24) is 20.3 Å². The van der Waals surface area contributed by atoms with Crippen LogP contribution in [0.15, 0.2) is 30.7 Å². The van der Waals surface area contributed by atoms with Crippen LogP contribution >= 0.6 is 0 Å². The topological polar surface area (TPSA) is 67.8 Å². The minimum Gasteiger partial charge on any atom is -0.349 e. The number of aromatic nitrogens is 3. The number of aryl methyl sites for hydroxylation is 1. The van der Waals surface area contributed by atoms with E-state index in [2.05, 4.69) is 15.3 Å². The van der Waals surface area contributed by atoms with Crippen molar-refractivity contribution in [2.75, 3.05) is 0 Å². The Morgan fingerprint density at radius 3 is 2.85 bits per heavy atom. The Labute approximate surface area is 154 Å². The first-order chi connectivity index (χ1) is 12.8. The molecule has 1 saturated carbocycles. The summed E-state index contributed by atoms with van der Waals surface area (Å²) in [6.07, 6.45) is 15.3. The summed E-state index contributed by atoms with van der Waals surface area (Å²) in [6, 6.07) is 3.92. The highest BCUT2D eigenvalue weighted by Crippen LogP contribution is 2.31. The van der Waals surface area contributed by atoms with E-state index in [1.807, 2.05) is 18.3 Å². The maximum Gasteiger partial charge on any atom is 0.220 e. The van der Waals surface area contributed by atoms with Gasteiger partial charge >= 0.3 is 0 Å². The van der Waals surface area contributed by atoms with Crippen LogP contribution in [0.25, 0.3) is 11.4 Å². The zero-order valence-electron chi connectivity index (χ0n) is 15.2. The maximum absolute atomic E-state index is 12.4. The molecular formula is C21H26N4O. The molecule has 5 heteroatoms. The van der Waals surface area contributed by atoms with Gasteiger partial charge in [-0.1, -0.05) is 25.7 Å². The molecule has 4 rings (SSSR count). The number of pyridine rings is 1. The van der Waals surface area contributed by atoms with Gasteiger partial charge in [0.1, 0.15) is 0 Å². The van der Waals surface area contributed by atoms with Crippen LogP contribution in [-0.2, 0) is 11.2 Å². The second-order valence-corrected chi connectivity index (χ2v) is 7.54. The molecule has 2 aromatic rings. The van der Waals surface area contributed by atoms with Crippen molar-refractivity contribution in [3.05, 3.63) is 42.0 Å². The lowest BCUT2D eigenvalue weighted by Gasteiger charge is -2.26. The molecular weight excluding hydrogens is 324 g/mol. The Morgan fingerprint density at radius 1 is 1.15 bits per heavy atom. The predicted octanol–water partition coefficient (Wildman–Crippen LogP) is 4.00. The fourth-order valence-corrected chi connectivity index (χ4v) is 4.23. The van der Waals surface area contributed by atoms with Gasteiger partial charge in [-0.25, -0.2) is 9.97 Å². The van der Waals surface area contributed by atoms with E-state index in [0.29, 0.717) is 12.2 Å². The van der Waals surface area contributed by atoms with Crippen molar-refractivity contribution >= 4 is 5.91 Å². The summed E-state index contributed by atoms with van der Waals surface area (Å²) in [7, 11) is 0. The van der Waals surface area contributed by atoms with Gasteiger partial charge in [0.25, 0.3) is 0 Å². The summed E-state index contributed by atoms with van der Waals surface area (Å²) in [5, 5.41) is 3.23. The number of carbonyl (C=O) groups excluding carboxylic acids is 1. The monoisotopic (exact) mass is 350 g/mol. The highest BCUT2D eigenvalue weighted by molar-refractivity contribution is 5.76. The lowest BCUT2D eigenvalue weighted by atomic mass is 9.92. The van der Waals surface area contributed by atoms with Gasteiger partial charge in [-0.05, 0) is 43.7 Å². The third kappa shape index (κ3) is 3.92. The van der Waals surface area contributed by atoms with E-state index in [0.717, 1.165) is 48.4 Å². The first-order valence-corrected chi connectivity index (χ1v) is 9.85. The lowest BCUT2D eigenvalue weighted by Crippen LogP contribution is -2.31. The average molecular weight is 350 g/mol. The molecule has 0 bridgehead atoms. The van der Waals surface area contributed by atoms with Crippen molar-refractivity contribution in [3.8, 4) is 11.4 Å². The van der Waals surface area contributed by atoms with E-state index in [-0.39, 0.29) is 11.9 Å². The van der Waals surface area contributed by atoms with Crippen LogP contribution in [0.1, 0.15) is 68.7 Å². The summed E-state index contributed by atoms with van der Waals surface area (Å²) < 4.78 is 0. The number of hydrogen-bond acceptors (Lipinski definition) is 4. The fraction of sp³-hybridized carbons (Fsp3) is 0.524. The summed E-state index contributed by atoms with van der Waals surface area (Å²) in [6.45, 7) is 0. The largest absolute Gasteiger partial charge is 0.349 e. The third-order valence-electron chi connectivity index (χ3n) is 5.69. The van der Waals surface area contributed by atoms with Gasteiger partial charge < -0.3 is 5.32 Å². The predicted molar refractivity (Wildman–Crippen MR) is 100 cm³/mol. The number of fused-ring (bicyclic) bond motifs is 1. The van der Waals surface area contributed by atoms with E-state index >= 15 is 0 Å². The van der Waals surface area contributed by atoms with E-state index in [4.69, 9.17) is 4.98 Å². The molecule has 0 aromatic carbocycles. The van der Waals surface area contributed by atoms with Gasteiger partial charge in [-0.3, -0.25) is 9.78 Å². The molecule has 1 atom stereocenters. The van der Waals surface area contributed by atoms with E-state index in [9.17, 15) is 4.79 Å². The number of nitrogens with one attached hydrogen (secondary N) is 1. The zero-order chi connectivity index (χ0) is 17.8. The molecule has 5 nitrogen and oxygen atoms in total. The van der Waals surface area contributed by atoms with Gasteiger partial charge in [-0.2, -0.15) is 0 Å². The Balaban J connectivity index is 1.42. The number of carbonyl (C=O) groups is 1. The number of nitrogens with zero attached hydrogens (tertiary/aromatic N) is 3. The standard InChI is InChI=1S/C21H26N4O/c26-20(11-10-15-5-1-2-6-15)24-18-8-3-9-19-17(18)14-23-21(25-19)16-7-4-12-22-13-16/h4,7,12-15,18H,1-3,5-6,8-11H2,(H,24,26)/t18-/m0/s1. The Bertz CT molecular complexity index is 756. The molecule has 0 radical (unpaired) electrons. The Morgan fingerprint density at radius 2 is 2.04 bits per heavy atom. The molecule has 2 aliphatic carbocycles. The molecule has 2 aromatic heterocycles. The van der Waals surface area contributed by atoms with Crippen molar-refractivity contribution in [2.45, 2.75) is 63.8 Å². The normalized spacial score (nSPS) is 19.9. The quantitative estimate of drug-likeness (QED) is 0.885. The van der Waals surface area contributed by atoms with Crippen molar-refractivity contribution in [2.24, 2.45) is 5.92 Å². The van der Waals surface area contributed by atoms with Crippen molar-refractivity contribution in [1.29, 1.82) is 0 Å². The minimum absolute atomic E-state index is 0.0535. The first-order valence-electron chi connectivity index (χ1n) is 9.85. The van der Waals surface area contributed by atoms with Gasteiger partial charge in [0.2, 0.25) is 5.91 Å². The second kappa shape index (κ2) is 7.94. The minimum atomic E-state index is 0.0535. The molecule has 1 N–H and O–H groups in total. The SMILES string of the molecule is O=C(CCC1CCCC1)N[C@H]1CCCc2nc(-c3cccnc3)ncc21. The Hall–Kier alpha value is -2.30. The fourth-order valence-electron chi connectivity index (χ4n) is 4.23. The smallest absolute Gasteiger partial charge is 0.220 e. The van der Waals surface area contributed by atoms with E-state index in [1.165, 1.54) is 25.7 Å². The summed E-state index contributed by atoms with van der Waals surface area (Å²) in [4.78, 5) is 25.8. The molecule has 0 spiro atoms. The van der Waals surface area contributed by atoms with Gasteiger partial charge in [0.15, 0.2) is 5.82 Å². The highest BCUT2D eigenvalue weighted by Gasteiger charge is 2.24. The molecule has 136 valence electrons. The van der Waals surface area contributed by atoms with Crippen molar-refractivity contribution < 1.29 is 4.79 Å². The summed E-state index contributed by atoms with van der Waals surface area (Å²) in [5.74, 6) is 1.64. The van der Waals surface area contributed by atoms with Gasteiger partial charge in [0.05, 0.1) is 6.04 Å². The van der Waals surface area contributed by atoms with E-state index in [1.54, 1.807) is 12.4 Å². The second-order valence-electron chi connectivity index (χ2n) is 7.54. The highest BCUT2D eigenvalue weighted by atomic mass is 16.1. The van der Waals surface area contributed by atoms with Crippen LogP contribution in [0.2, 0.25) is 0 Å². The van der Waals surface area contributed by atoms with Crippen molar-refractivity contribution in [3.63, 3.8) is 0 Å². The molecule has 26 heavy (non-hydrogen) atoms. The maximum atomic E-state index is 12.4. The Kier molecular flexibility index (Phi) is 5.23. The van der Waals surface area contributed by atoms with Crippen LogP contribution in [-0.4, -0.2) is 20.9 Å². The summed E-state index contributed by atoms with van der Waals surface area (Å²) >= 11 is 0. The van der Waals surface area contributed by atoms with Gasteiger partial charge in [-0.15, -0.1) is 0 Å². The van der Waals surface area contributed by atoms with Crippen LogP contribution in [0.3, 0.4) is 0 Å². The van der Waals surface area contributed by atoms with Crippen LogP contribution in [0.5, 0.6) is 0 Å². The molecule has 2 aliphatic rings. The molecule has 0 saturated heterocycles.